The molecule has 0 amide bonds. The maximum absolute atomic E-state index is 4.84. The van der Waals surface area contributed by atoms with Gasteiger partial charge in [-0.05, 0) is 58.1 Å². The zero-order valence-electron chi connectivity index (χ0n) is 13.9. The molecule has 0 radical (unpaired) electrons. The van der Waals surface area contributed by atoms with Crippen molar-refractivity contribution < 1.29 is 0 Å². The number of nitrogens with one attached hydrogen (secondary N) is 1. The van der Waals surface area contributed by atoms with Crippen molar-refractivity contribution in [1.82, 2.24) is 15.1 Å². The Balaban J connectivity index is 2.24. The molecule has 20 heavy (non-hydrogen) atoms. The molecule has 3 nitrogen and oxygen atoms in total. The van der Waals surface area contributed by atoms with Crippen molar-refractivity contribution in [2.24, 2.45) is 5.92 Å². The van der Waals surface area contributed by atoms with Crippen LogP contribution in [0, 0.1) is 26.7 Å². The van der Waals surface area contributed by atoms with Crippen LogP contribution in [0.4, 0.5) is 0 Å². The monoisotopic (exact) mass is 277 g/mol. The lowest BCUT2D eigenvalue weighted by Gasteiger charge is -2.37. The van der Waals surface area contributed by atoms with E-state index in [0.29, 0.717) is 12.1 Å². The van der Waals surface area contributed by atoms with E-state index in [9.17, 15) is 0 Å². The second kappa shape index (κ2) is 6.75. The van der Waals surface area contributed by atoms with Crippen LogP contribution in [0.1, 0.15) is 68.9 Å². The van der Waals surface area contributed by atoms with Crippen LogP contribution in [0.15, 0.2) is 0 Å². The minimum Gasteiger partial charge on any atom is -0.312 e. The molecule has 0 aromatic carbocycles. The molecule has 1 aliphatic rings. The maximum atomic E-state index is 4.84. The summed E-state index contributed by atoms with van der Waals surface area (Å²) in [6, 6.07) is 1.12. The predicted molar refractivity (Wildman–Crippen MR) is 85.2 cm³/mol. The smallest absolute Gasteiger partial charge is 0.0678 e. The molecule has 1 N–H and O–H groups in total. The fourth-order valence-electron chi connectivity index (χ4n) is 3.74. The van der Waals surface area contributed by atoms with Crippen molar-refractivity contribution in [3.8, 4) is 0 Å². The molecule has 0 bridgehead atoms. The van der Waals surface area contributed by atoms with Crippen molar-refractivity contribution in [2.75, 3.05) is 6.54 Å². The average Bonchev–Trinajstić information content (AvgIpc) is 2.69. The first kappa shape index (κ1) is 15.6. The summed E-state index contributed by atoms with van der Waals surface area (Å²) >= 11 is 0. The summed E-state index contributed by atoms with van der Waals surface area (Å²) in [6.45, 7) is 12.1. The summed E-state index contributed by atoms with van der Waals surface area (Å²) in [5.74, 6) is 0.879. The van der Waals surface area contributed by atoms with Crippen LogP contribution in [-0.2, 0) is 0 Å². The number of aryl methyl sites for hydroxylation is 1. The third-order valence-corrected chi connectivity index (χ3v) is 5.09. The Kier molecular flexibility index (Phi) is 5.25. The second-order valence-corrected chi connectivity index (χ2v) is 6.44. The molecule has 3 heteroatoms. The molecule has 1 aromatic rings. The van der Waals surface area contributed by atoms with Gasteiger partial charge in [-0.15, -0.1) is 0 Å². The molecule has 1 aromatic heterocycles. The molecule has 1 aliphatic carbocycles. The Bertz CT molecular complexity index is 436. The molecule has 3 unspecified atom stereocenters. The maximum Gasteiger partial charge on any atom is 0.0678 e. The summed E-state index contributed by atoms with van der Waals surface area (Å²) < 4.78 is 2.32. The highest BCUT2D eigenvalue weighted by Gasteiger charge is 2.32. The van der Waals surface area contributed by atoms with Gasteiger partial charge in [0.05, 0.1) is 11.7 Å². The lowest BCUT2D eigenvalue weighted by atomic mass is 9.80. The summed E-state index contributed by atoms with van der Waals surface area (Å²) in [4.78, 5) is 0. The normalized spacial score (nSPS) is 26.9. The Morgan fingerprint density at radius 1 is 1.20 bits per heavy atom. The van der Waals surface area contributed by atoms with Crippen molar-refractivity contribution >= 4 is 0 Å². The topological polar surface area (TPSA) is 29.9 Å². The quantitative estimate of drug-likeness (QED) is 0.884. The van der Waals surface area contributed by atoms with E-state index in [1.807, 2.05) is 0 Å². The fourth-order valence-corrected chi connectivity index (χ4v) is 3.74. The molecule has 3 atom stereocenters. The molecule has 0 spiro atoms. The van der Waals surface area contributed by atoms with E-state index >= 15 is 0 Å². The molecule has 114 valence electrons. The van der Waals surface area contributed by atoms with Crippen LogP contribution in [0.3, 0.4) is 0 Å². The second-order valence-electron chi connectivity index (χ2n) is 6.44. The highest BCUT2D eigenvalue weighted by Crippen LogP contribution is 2.36. The van der Waals surface area contributed by atoms with Crippen molar-refractivity contribution in [2.45, 2.75) is 78.8 Å². The third kappa shape index (κ3) is 3.08. The largest absolute Gasteiger partial charge is 0.312 e. The first-order chi connectivity index (χ1) is 9.58. The minimum atomic E-state index is 0.535. The molecular formula is C17H31N3. The van der Waals surface area contributed by atoms with Gasteiger partial charge >= 0.3 is 0 Å². The van der Waals surface area contributed by atoms with Crippen LogP contribution in [0.5, 0.6) is 0 Å². The van der Waals surface area contributed by atoms with Gasteiger partial charge in [-0.3, -0.25) is 4.68 Å². The van der Waals surface area contributed by atoms with Gasteiger partial charge in [0.25, 0.3) is 0 Å². The van der Waals surface area contributed by atoms with Crippen molar-refractivity contribution in [3.05, 3.63) is 17.0 Å². The van der Waals surface area contributed by atoms with Crippen LogP contribution in [0.25, 0.3) is 0 Å². The van der Waals surface area contributed by atoms with E-state index in [-0.39, 0.29) is 0 Å². The van der Waals surface area contributed by atoms with Gasteiger partial charge < -0.3 is 5.32 Å². The zero-order chi connectivity index (χ0) is 14.7. The molecule has 0 saturated heterocycles. The van der Waals surface area contributed by atoms with Crippen LogP contribution >= 0.6 is 0 Å². The minimum absolute atomic E-state index is 0.535. The van der Waals surface area contributed by atoms with Gasteiger partial charge in [0.2, 0.25) is 0 Å². The van der Waals surface area contributed by atoms with E-state index in [0.717, 1.165) is 12.5 Å². The lowest BCUT2D eigenvalue weighted by molar-refractivity contribution is 0.186. The molecular weight excluding hydrogens is 246 g/mol. The van der Waals surface area contributed by atoms with Crippen molar-refractivity contribution in [3.63, 3.8) is 0 Å². The van der Waals surface area contributed by atoms with Crippen LogP contribution < -0.4 is 5.32 Å². The third-order valence-electron chi connectivity index (χ3n) is 5.09. The number of likely N-dealkylation sites (N-methyl/N-ethyl adjacent to an activating group) is 1. The summed E-state index contributed by atoms with van der Waals surface area (Å²) in [5, 5.41) is 8.53. The molecule has 1 saturated carbocycles. The standard InChI is InChI=1S/C17H31N3/c1-6-8-15-9-10-16(18-7-2)17(11-15)20-14(5)12(3)13(4)19-20/h15-18H,6-11H2,1-5H3. The predicted octanol–water partition coefficient (Wildman–Crippen LogP) is 3.93. The first-order valence-electron chi connectivity index (χ1n) is 8.34. The SMILES string of the molecule is CCCC1CCC(NCC)C(n2nc(C)c(C)c2C)C1. The highest BCUT2D eigenvalue weighted by atomic mass is 15.3. The summed E-state index contributed by atoms with van der Waals surface area (Å²) in [7, 11) is 0. The number of aromatic nitrogens is 2. The van der Waals surface area contributed by atoms with E-state index in [2.05, 4.69) is 44.6 Å². The Morgan fingerprint density at radius 3 is 2.50 bits per heavy atom. The summed E-state index contributed by atoms with van der Waals surface area (Å²) in [6.07, 6.45) is 6.63. The zero-order valence-corrected chi connectivity index (χ0v) is 13.9. The highest BCUT2D eigenvalue weighted by molar-refractivity contribution is 5.23. The van der Waals surface area contributed by atoms with E-state index in [4.69, 9.17) is 5.10 Å². The van der Waals surface area contributed by atoms with Gasteiger partial charge in [-0.25, -0.2) is 0 Å². The van der Waals surface area contributed by atoms with E-state index < -0.39 is 0 Å². The van der Waals surface area contributed by atoms with Gasteiger partial charge in [-0.1, -0.05) is 26.7 Å². The molecule has 2 rings (SSSR count). The fraction of sp³-hybridized carbons (Fsp3) is 0.824. The van der Waals surface area contributed by atoms with Crippen LogP contribution in [0.2, 0.25) is 0 Å². The molecule has 0 aliphatic heterocycles. The summed E-state index contributed by atoms with van der Waals surface area (Å²) in [5.41, 5.74) is 3.90. The number of hydrogen-bond donors (Lipinski definition) is 1. The number of nitrogens with zero attached hydrogens (tertiary/aromatic N) is 2. The Hall–Kier alpha value is -0.830. The van der Waals surface area contributed by atoms with Gasteiger partial charge in [-0.2, -0.15) is 5.10 Å². The molecule has 1 fully saturated rings. The van der Waals surface area contributed by atoms with Gasteiger partial charge in [0.1, 0.15) is 0 Å². The van der Waals surface area contributed by atoms with Gasteiger partial charge in [0.15, 0.2) is 0 Å². The first-order valence-corrected chi connectivity index (χ1v) is 8.34. The van der Waals surface area contributed by atoms with Crippen molar-refractivity contribution in [1.29, 1.82) is 0 Å². The molecule has 1 heterocycles. The lowest BCUT2D eigenvalue weighted by Crippen LogP contribution is -2.42. The number of hydrogen-bond acceptors (Lipinski definition) is 2. The Morgan fingerprint density at radius 2 is 1.95 bits per heavy atom. The van der Waals surface area contributed by atoms with E-state index in [1.165, 1.54) is 49.1 Å². The van der Waals surface area contributed by atoms with Gasteiger partial charge in [0, 0.05) is 11.7 Å². The Labute approximate surface area is 124 Å². The average molecular weight is 277 g/mol. The number of rotatable bonds is 5. The van der Waals surface area contributed by atoms with Crippen LogP contribution in [-0.4, -0.2) is 22.4 Å². The van der Waals surface area contributed by atoms with E-state index in [1.54, 1.807) is 0 Å².